The predicted molar refractivity (Wildman–Crippen MR) is 334 cm³/mol. The topological polar surface area (TPSA) is 174 Å². The van der Waals surface area contributed by atoms with Crippen LogP contribution in [-0.4, -0.2) is 142 Å². The van der Waals surface area contributed by atoms with E-state index < -0.39 is 24.0 Å². The third-order valence-electron chi connectivity index (χ3n) is 18.2. The summed E-state index contributed by atoms with van der Waals surface area (Å²) in [6.07, 6.45) is 7.55. The average Bonchev–Trinajstić information content (AvgIpc) is 1.93. The van der Waals surface area contributed by atoms with Crippen LogP contribution >= 0.6 is 0 Å². The largest absolute Gasteiger partial charge is 0.493 e. The zero-order valence-corrected chi connectivity index (χ0v) is 50.9. The van der Waals surface area contributed by atoms with E-state index in [1.54, 1.807) is 60.9 Å². The van der Waals surface area contributed by atoms with Crippen molar-refractivity contribution in [2.75, 3.05) is 81.9 Å². The number of benzene rings is 6. The maximum Gasteiger partial charge on any atom is 0.174 e. The standard InChI is InChI=1S/C24H29NO4.C24H27NO4.C24H25NO4/c3*1-28-21-13-18-12-20(24(27)19(18)14-22(21)29-2)23(26)17-8-10-25(11-9-17)15-16-6-4-3-5-7-16/h3-7,13-14,17,20,23,26H,8-12,15H2,1-2H3;3-8,13-14,20,23,26H,9-12,15H2,1-2H3;3-8,13-14,20H,9-12,15H2,1-2H3. The molecule has 0 radical (unpaired) electrons. The number of nitrogens with zero attached hydrogens (tertiary/aromatic N) is 3. The van der Waals surface area contributed by atoms with Crippen molar-refractivity contribution in [3.05, 3.63) is 201 Å². The lowest BCUT2D eigenvalue weighted by Gasteiger charge is -2.35. The van der Waals surface area contributed by atoms with E-state index in [1.165, 1.54) is 16.7 Å². The summed E-state index contributed by atoms with van der Waals surface area (Å²) in [4.78, 5) is 59.0. The van der Waals surface area contributed by atoms with Gasteiger partial charge in [0.1, 0.15) is 0 Å². The van der Waals surface area contributed by atoms with Crippen molar-refractivity contribution < 1.29 is 57.8 Å². The minimum absolute atomic E-state index is 0.0129. The van der Waals surface area contributed by atoms with E-state index in [9.17, 15) is 29.4 Å². The number of hydrogen-bond acceptors (Lipinski definition) is 15. The number of methoxy groups -OCH3 is 6. The summed E-state index contributed by atoms with van der Waals surface area (Å²) < 4.78 is 32.0. The minimum atomic E-state index is -0.745. The number of aliphatic hydroxyl groups is 2. The Morgan fingerprint density at radius 3 is 1.29 bits per heavy atom. The van der Waals surface area contributed by atoms with Gasteiger partial charge in [-0.05, 0) is 145 Å². The van der Waals surface area contributed by atoms with Crippen LogP contribution in [0, 0.1) is 23.7 Å². The first-order valence-electron chi connectivity index (χ1n) is 30.3. The highest BCUT2D eigenvalue weighted by Crippen LogP contribution is 2.42. The quantitative estimate of drug-likeness (QED) is 0.0614. The fourth-order valence-corrected chi connectivity index (χ4v) is 13.3. The van der Waals surface area contributed by atoms with E-state index in [0.29, 0.717) is 76.9 Å². The number of carbonyl (C=O) groups is 4. The molecule has 1 saturated heterocycles. The second-order valence-electron chi connectivity index (χ2n) is 23.4. The van der Waals surface area contributed by atoms with Crippen LogP contribution in [0.1, 0.15) is 90.1 Å². The summed E-state index contributed by atoms with van der Waals surface area (Å²) in [6, 6.07) is 41.9. The molecule has 0 saturated carbocycles. The lowest BCUT2D eigenvalue weighted by atomic mass is 9.82. The highest BCUT2D eigenvalue weighted by Gasteiger charge is 2.42. The van der Waals surface area contributed by atoms with Gasteiger partial charge in [0.15, 0.2) is 57.6 Å². The van der Waals surface area contributed by atoms with E-state index in [2.05, 4.69) is 81.4 Å². The van der Waals surface area contributed by atoms with Crippen LogP contribution in [0.5, 0.6) is 34.5 Å². The number of rotatable bonds is 18. The summed E-state index contributed by atoms with van der Waals surface area (Å²) in [5.74, 6) is 2.03. The normalized spacial score (nSPS) is 20.0. The van der Waals surface area contributed by atoms with Gasteiger partial charge in [-0.15, -0.1) is 0 Å². The zero-order valence-electron chi connectivity index (χ0n) is 50.9. The summed E-state index contributed by atoms with van der Waals surface area (Å²) in [5.41, 5.74) is 10.2. The molecule has 5 atom stereocenters. The van der Waals surface area contributed by atoms with Crippen molar-refractivity contribution in [2.24, 2.45) is 23.7 Å². The van der Waals surface area contributed by atoms with Crippen molar-refractivity contribution in [3.63, 3.8) is 0 Å². The maximum absolute atomic E-state index is 13.1. The summed E-state index contributed by atoms with van der Waals surface area (Å²) >= 11 is 0. The minimum Gasteiger partial charge on any atom is -0.493 e. The molecule has 3 heterocycles. The number of aliphatic hydroxyl groups excluding tert-OH is 2. The van der Waals surface area contributed by atoms with Gasteiger partial charge < -0.3 is 38.6 Å². The second-order valence-corrected chi connectivity index (χ2v) is 23.4. The van der Waals surface area contributed by atoms with E-state index in [0.717, 1.165) is 106 Å². The van der Waals surface area contributed by atoms with Gasteiger partial charge in [-0.1, -0.05) is 103 Å². The van der Waals surface area contributed by atoms with Crippen LogP contribution in [0.3, 0.4) is 0 Å². The number of likely N-dealkylation sites (tertiary alicyclic amines) is 1. The molecule has 0 aromatic heterocycles. The van der Waals surface area contributed by atoms with Crippen LogP contribution in [0.25, 0.3) is 0 Å². The fraction of sp³-hybridized carbons (Fsp3) is 0.389. The fourth-order valence-electron chi connectivity index (χ4n) is 13.3. The zero-order chi connectivity index (χ0) is 61.1. The van der Waals surface area contributed by atoms with Gasteiger partial charge in [-0.25, -0.2) is 0 Å². The van der Waals surface area contributed by atoms with Crippen LogP contribution in [0.15, 0.2) is 151 Å². The lowest BCUT2D eigenvalue weighted by molar-refractivity contribution is -0.118. The van der Waals surface area contributed by atoms with Crippen molar-refractivity contribution in [1.82, 2.24) is 14.7 Å². The molecular weight excluding hydrogens is 1100 g/mol. The molecule has 6 aromatic carbocycles. The molecule has 6 aliphatic rings. The van der Waals surface area contributed by atoms with Crippen molar-refractivity contribution in [3.8, 4) is 34.5 Å². The van der Waals surface area contributed by atoms with Crippen molar-refractivity contribution in [1.29, 1.82) is 0 Å². The number of carbonyl (C=O) groups excluding carboxylic acids is 4. The molecule has 15 heteroatoms. The summed E-state index contributed by atoms with van der Waals surface area (Å²) in [5, 5.41) is 22.0. The molecule has 0 amide bonds. The van der Waals surface area contributed by atoms with Crippen LogP contribution in [0.4, 0.5) is 0 Å². The molecule has 456 valence electrons. The Bertz CT molecular complexity index is 3470. The first-order valence-corrected chi connectivity index (χ1v) is 30.3. The molecule has 6 aromatic rings. The Morgan fingerprint density at radius 2 is 0.862 bits per heavy atom. The molecule has 5 unspecified atom stereocenters. The highest BCUT2D eigenvalue weighted by molar-refractivity contribution is 6.18. The molecule has 2 N–H and O–H groups in total. The van der Waals surface area contributed by atoms with Gasteiger partial charge in [0, 0.05) is 62.5 Å². The third-order valence-corrected chi connectivity index (χ3v) is 18.2. The summed E-state index contributed by atoms with van der Waals surface area (Å²) in [7, 11) is 9.42. The Hall–Kier alpha value is -7.92. The van der Waals surface area contributed by atoms with Gasteiger partial charge in [0.2, 0.25) is 0 Å². The Kier molecular flexibility index (Phi) is 20.5. The van der Waals surface area contributed by atoms with Gasteiger partial charge in [-0.3, -0.25) is 33.9 Å². The molecule has 12 rings (SSSR count). The van der Waals surface area contributed by atoms with E-state index >= 15 is 0 Å². The number of hydrogen-bond donors (Lipinski definition) is 2. The van der Waals surface area contributed by atoms with E-state index in [4.69, 9.17) is 28.4 Å². The molecule has 1 fully saturated rings. The predicted octanol–water partition coefficient (Wildman–Crippen LogP) is 10.0. The number of fused-ring (bicyclic) bond motifs is 3. The average molecular weight is 1180 g/mol. The van der Waals surface area contributed by atoms with Crippen molar-refractivity contribution in [2.45, 2.75) is 76.8 Å². The molecule has 3 aliphatic heterocycles. The monoisotopic (exact) mass is 1180 g/mol. The molecule has 87 heavy (non-hydrogen) atoms. The second kappa shape index (κ2) is 28.7. The van der Waals surface area contributed by atoms with Crippen molar-refractivity contribution >= 4 is 23.1 Å². The number of ether oxygens (including phenoxy) is 6. The SMILES string of the molecule is COc1cc2c(cc1OC)C(=O)C(C(=O)C1=CCN(Cc3ccccc3)CC1)C2.COc1cc2c(cc1OC)C(=O)C(C(O)C1=CCN(Cc3ccccc3)CC1)C2.COc1cc2c(cc1OC)C(=O)C(C(O)C1CCN(Cc3ccccc3)CC1)C2. The first kappa shape index (κ1) is 62.1. The molecule has 0 spiro atoms. The number of Topliss-reactive ketones (excluding diaryl/α,β-unsaturated/α-hetero) is 4. The molecular formula is C72H81N3O12. The molecule has 0 bridgehead atoms. The van der Waals surface area contributed by atoms with Crippen LogP contribution < -0.4 is 28.4 Å². The van der Waals surface area contributed by atoms with Gasteiger partial charge in [0.05, 0.1) is 72.6 Å². The maximum atomic E-state index is 13.1. The number of ketones is 4. The summed E-state index contributed by atoms with van der Waals surface area (Å²) in [6.45, 7) is 7.83. The Labute approximate surface area is 511 Å². The van der Waals surface area contributed by atoms with Gasteiger partial charge >= 0.3 is 0 Å². The third kappa shape index (κ3) is 14.3. The molecule has 3 aliphatic carbocycles. The first-order chi connectivity index (χ1) is 42.3. The Balaban J connectivity index is 0.000000144. The van der Waals surface area contributed by atoms with Gasteiger partial charge in [-0.2, -0.15) is 0 Å². The smallest absolute Gasteiger partial charge is 0.174 e. The van der Waals surface area contributed by atoms with Gasteiger partial charge in [0.25, 0.3) is 0 Å². The Morgan fingerprint density at radius 1 is 0.471 bits per heavy atom. The highest BCUT2D eigenvalue weighted by atomic mass is 16.5. The van der Waals surface area contributed by atoms with E-state index in [-0.39, 0.29) is 35.0 Å². The van der Waals surface area contributed by atoms with Crippen LogP contribution in [0.2, 0.25) is 0 Å². The lowest BCUT2D eigenvalue weighted by Crippen LogP contribution is -2.41. The number of piperidine rings is 1. The van der Waals surface area contributed by atoms with E-state index in [1.807, 2.05) is 54.6 Å². The van der Waals surface area contributed by atoms with Crippen LogP contribution in [-0.2, 0) is 43.7 Å². The molecule has 15 nitrogen and oxygen atoms in total.